The van der Waals surface area contributed by atoms with E-state index >= 15 is 0 Å². The van der Waals surface area contributed by atoms with Gasteiger partial charge in [0.2, 0.25) is 0 Å². The molecule has 1 aromatic rings. The zero-order valence-corrected chi connectivity index (χ0v) is 11.3. The monoisotopic (exact) mass is 261 g/mol. The van der Waals surface area contributed by atoms with Crippen molar-refractivity contribution in [3.05, 3.63) is 51.5 Å². The summed E-state index contributed by atoms with van der Waals surface area (Å²) in [6.07, 6.45) is 12.1. The van der Waals surface area contributed by atoms with Crippen LogP contribution in [0.25, 0.3) is 6.08 Å². The molecule has 0 aliphatic heterocycles. The number of pyridine rings is 1. The molecule has 2 rings (SSSR count). The van der Waals surface area contributed by atoms with E-state index in [-0.39, 0.29) is 11.1 Å². The highest BCUT2D eigenvalue weighted by Gasteiger charge is 2.19. The summed E-state index contributed by atoms with van der Waals surface area (Å²) in [6.45, 7) is 1.19. The van der Waals surface area contributed by atoms with Crippen molar-refractivity contribution in [1.29, 1.82) is 0 Å². The van der Waals surface area contributed by atoms with Crippen LogP contribution in [0.4, 0.5) is 4.39 Å². The van der Waals surface area contributed by atoms with E-state index in [9.17, 15) is 9.18 Å². The van der Waals surface area contributed by atoms with Gasteiger partial charge < -0.3 is 4.98 Å². The van der Waals surface area contributed by atoms with E-state index < -0.39 is 6.67 Å². The lowest BCUT2D eigenvalue weighted by Crippen LogP contribution is -2.17. The predicted octanol–water partition coefficient (Wildman–Crippen LogP) is 4.09. The quantitative estimate of drug-likeness (QED) is 0.813. The molecule has 1 saturated carbocycles. The molecule has 0 spiro atoms. The lowest BCUT2D eigenvalue weighted by atomic mass is 9.99. The maximum atomic E-state index is 13.0. The van der Waals surface area contributed by atoms with Crippen molar-refractivity contribution in [2.24, 2.45) is 0 Å². The molecule has 0 bridgehead atoms. The van der Waals surface area contributed by atoms with Gasteiger partial charge in [-0.25, -0.2) is 4.39 Å². The van der Waals surface area contributed by atoms with E-state index in [4.69, 9.17) is 0 Å². The first-order chi connectivity index (χ1) is 9.26. The minimum Gasteiger partial charge on any atom is -0.326 e. The summed E-state index contributed by atoms with van der Waals surface area (Å²) in [5, 5.41) is 0. The fourth-order valence-corrected chi connectivity index (χ4v) is 2.64. The Morgan fingerprint density at radius 3 is 2.74 bits per heavy atom. The third kappa shape index (κ3) is 3.22. The molecule has 2 nitrogen and oxygen atoms in total. The molecule has 1 fully saturated rings. The van der Waals surface area contributed by atoms with E-state index in [1.807, 2.05) is 37.3 Å². The lowest BCUT2D eigenvalue weighted by molar-refractivity contribution is 0.480. The summed E-state index contributed by atoms with van der Waals surface area (Å²) in [7, 11) is 0. The molecule has 1 aromatic heterocycles. The van der Waals surface area contributed by atoms with Crippen LogP contribution in [0, 0.1) is 0 Å². The first kappa shape index (κ1) is 13.8. The summed E-state index contributed by atoms with van der Waals surface area (Å²) in [5.41, 5.74) is 1.60. The molecule has 0 unspecified atom stereocenters. The van der Waals surface area contributed by atoms with Crippen LogP contribution in [0.5, 0.6) is 0 Å². The number of hydrogen-bond acceptors (Lipinski definition) is 1. The molecular weight excluding hydrogens is 241 g/mol. The van der Waals surface area contributed by atoms with Gasteiger partial charge in [0.1, 0.15) is 6.67 Å². The Morgan fingerprint density at radius 2 is 2.11 bits per heavy atom. The van der Waals surface area contributed by atoms with Crippen LogP contribution in [-0.4, -0.2) is 4.98 Å². The summed E-state index contributed by atoms with van der Waals surface area (Å²) in [4.78, 5) is 14.8. The SMILES string of the molecule is CC=C/C=C\c1cc(C2CCCC2)[nH]c(=O)c1CF. The minimum absolute atomic E-state index is 0.225. The van der Waals surface area contributed by atoms with Gasteiger partial charge in [0.25, 0.3) is 5.56 Å². The molecule has 3 heteroatoms. The van der Waals surface area contributed by atoms with Gasteiger partial charge in [0, 0.05) is 5.69 Å². The molecule has 0 aromatic carbocycles. The van der Waals surface area contributed by atoms with Gasteiger partial charge in [-0.3, -0.25) is 4.79 Å². The number of rotatable bonds is 4. The van der Waals surface area contributed by atoms with Crippen molar-refractivity contribution in [3.8, 4) is 0 Å². The van der Waals surface area contributed by atoms with E-state index in [1.54, 1.807) is 0 Å². The molecule has 102 valence electrons. The number of alkyl halides is 1. The number of halogens is 1. The summed E-state index contributed by atoms with van der Waals surface area (Å²) < 4.78 is 13.0. The second-order valence-corrected chi connectivity index (χ2v) is 4.99. The van der Waals surface area contributed by atoms with Crippen LogP contribution < -0.4 is 5.56 Å². The van der Waals surface area contributed by atoms with Gasteiger partial charge in [-0.15, -0.1) is 0 Å². The normalized spacial score (nSPS) is 16.9. The Labute approximate surface area is 113 Å². The molecule has 0 radical (unpaired) electrons. The van der Waals surface area contributed by atoms with E-state index in [2.05, 4.69) is 4.98 Å². The Kier molecular flexibility index (Phi) is 4.72. The van der Waals surface area contributed by atoms with Crippen LogP contribution in [0.2, 0.25) is 0 Å². The van der Waals surface area contributed by atoms with Gasteiger partial charge in [0.05, 0.1) is 5.56 Å². The van der Waals surface area contributed by atoms with E-state index in [1.165, 1.54) is 12.8 Å². The fourth-order valence-electron chi connectivity index (χ4n) is 2.64. The predicted molar refractivity (Wildman–Crippen MR) is 76.9 cm³/mol. The smallest absolute Gasteiger partial charge is 0.254 e. The maximum absolute atomic E-state index is 13.0. The standard InChI is InChI=1S/C16H20FNO/c1-2-3-4-9-13-10-15(12-7-5-6-8-12)18-16(19)14(13)11-17/h2-4,9-10,12H,5-8,11H2,1H3,(H,18,19)/b3-2?,9-4-. The molecule has 1 aliphatic rings. The first-order valence-electron chi connectivity index (χ1n) is 6.87. The number of H-pyrrole nitrogens is 1. The summed E-state index contributed by atoms with van der Waals surface area (Å²) in [5.74, 6) is 0.426. The third-order valence-corrected chi connectivity index (χ3v) is 3.70. The molecular formula is C16H20FNO. The van der Waals surface area contributed by atoms with Gasteiger partial charge in [0.15, 0.2) is 0 Å². The molecule has 0 saturated heterocycles. The molecule has 1 heterocycles. The minimum atomic E-state index is -0.726. The highest BCUT2D eigenvalue weighted by atomic mass is 19.1. The largest absolute Gasteiger partial charge is 0.326 e. The van der Waals surface area contributed by atoms with Crippen molar-refractivity contribution >= 4 is 6.08 Å². The van der Waals surface area contributed by atoms with Gasteiger partial charge in [-0.2, -0.15) is 0 Å². The third-order valence-electron chi connectivity index (χ3n) is 3.70. The number of allylic oxidation sites excluding steroid dienone is 3. The van der Waals surface area contributed by atoms with Crippen molar-refractivity contribution < 1.29 is 4.39 Å². The second kappa shape index (κ2) is 6.50. The van der Waals surface area contributed by atoms with Crippen LogP contribution in [0.3, 0.4) is 0 Å². The number of nitrogens with one attached hydrogen (secondary N) is 1. The molecule has 0 amide bonds. The highest BCUT2D eigenvalue weighted by Crippen LogP contribution is 2.33. The number of aromatic nitrogens is 1. The van der Waals surface area contributed by atoms with E-state index in [0.717, 1.165) is 18.5 Å². The Hall–Kier alpha value is -1.64. The van der Waals surface area contributed by atoms with Crippen LogP contribution in [0.15, 0.2) is 29.1 Å². The van der Waals surface area contributed by atoms with Crippen molar-refractivity contribution in [3.63, 3.8) is 0 Å². The molecule has 19 heavy (non-hydrogen) atoms. The van der Waals surface area contributed by atoms with Crippen LogP contribution in [0.1, 0.15) is 55.3 Å². The van der Waals surface area contributed by atoms with Crippen molar-refractivity contribution in [2.45, 2.75) is 45.2 Å². The van der Waals surface area contributed by atoms with Crippen molar-refractivity contribution in [1.82, 2.24) is 4.98 Å². The second-order valence-electron chi connectivity index (χ2n) is 4.99. The van der Waals surface area contributed by atoms with Gasteiger partial charge in [-0.1, -0.05) is 37.1 Å². The average Bonchev–Trinajstić information content (AvgIpc) is 2.92. The first-order valence-corrected chi connectivity index (χ1v) is 6.87. The maximum Gasteiger partial charge on any atom is 0.254 e. The van der Waals surface area contributed by atoms with Crippen LogP contribution in [-0.2, 0) is 6.67 Å². The average molecular weight is 261 g/mol. The zero-order chi connectivity index (χ0) is 13.7. The van der Waals surface area contributed by atoms with E-state index in [0.29, 0.717) is 11.5 Å². The Balaban J connectivity index is 2.40. The zero-order valence-electron chi connectivity index (χ0n) is 11.3. The number of hydrogen-bond donors (Lipinski definition) is 1. The van der Waals surface area contributed by atoms with Gasteiger partial charge >= 0.3 is 0 Å². The van der Waals surface area contributed by atoms with Crippen molar-refractivity contribution in [2.75, 3.05) is 0 Å². The highest BCUT2D eigenvalue weighted by molar-refractivity contribution is 5.55. The molecule has 1 aliphatic carbocycles. The van der Waals surface area contributed by atoms with Gasteiger partial charge in [-0.05, 0) is 37.3 Å². The molecule has 0 atom stereocenters. The Bertz CT molecular complexity index is 536. The molecule has 1 N–H and O–H groups in total. The summed E-state index contributed by atoms with van der Waals surface area (Å²) >= 11 is 0. The number of aromatic amines is 1. The Morgan fingerprint density at radius 1 is 1.37 bits per heavy atom. The topological polar surface area (TPSA) is 32.9 Å². The fraction of sp³-hybridized carbons (Fsp3) is 0.438. The summed E-state index contributed by atoms with van der Waals surface area (Å²) in [6, 6.07) is 1.94. The lowest BCUT2D eigenvalue weighted by Gasteiger charge is -2.11. The van der Waals surface area contributed by atoms with Crippen LogP contribution >= 0.6 is 0 Å².